The van der Waals surface area contributed by atoms with E-state index in [4.69, 9.17) is 11.6 Å². The second-order valence-electron chi connectivity index (χ2n) is 8.66. The first kappa shape index (κ1) is 24.2. The molecule has 3 aromatic rings. The number of likely N-dealkylation sites (tertiary alicyclic amines) is 1. The summed E-state index contributed by atoms with van der Waals surface area (Å²) in [7, 11) is 0. The van der Waals surface area contributed by atoms with Crippen molar-refractivity contribution < 1.29 is 14.4 Å². The zero-order chi connectivity index (χ0) is 24.5. The lowest BCUT2D eigenvalue weighted by Gasteiger charge is -2.20. The first-order valence-corrected chi connectivity index (χ1v) is 13.5. The van der Waals surface area contributed by atoms with Gasteiger partial charge in [-0.1, -0.05) is 40.4 Å². The van der Waals surface area contributed by atoms with Crippen molar-refractivity contribution in [1.29, 1.82) is 0 Å². The summed E-state index contributed by atoms with van der Waals surface area (Å²) in [5.74, 6) is -0.278. The molecule has 2 aromatic carbocycles. The third kappa shape index (κ3) is 5.06. The fourth-order valence-electron chi connectivity index (χ4n) is 4.53. The first-order chi connectivity index (χ1) is 16.9. The van der Waals surface area contributed by atoms with Gasteiger partial charge in [0.25, 0.3) is 11.1 Å². The first-order valence-electron chi connectivity index (χ1n) is 11.5. The molecule has 0 N–H and O–H groups in total. The van der Waals surface area contributed by atoms with Gasteiger partial charge in [-0.25, -0.2) is 4.90 Å². The van der Waals surface area contributed by atoms with E-state index in [1.165, 1.54) is 12.8 Å². The predicted molar refractivity (Wildman–Crippen MR) is 145 cm³/mol. The number of anilines is 1. The Labute approximate surface area is 221 Å². The van der Waals surface area contributed by atoms with E-state index in [1.807, 2.05) is 33.9 Å². The number of fused-ring (bicyclic) bond motifs is 1. The highest BCUT2D eigenvalue weighted by Crippen LogP contribution is 2.37. The van der Waals surface area contributed by atoms with Gasteiger partial charge in [0.1, 0.15) is 6.54 Å². The molecule has 3 heterocycles. The fourth-order valence-corrected chi connectivity index (χ4v) is 5.85. The Morgan fingerprint density at radius 3 is 2.46 bits per heavy atom. The van der Waals surface area contributed by atoms with E-state index in [0.717, 1.165) is 63.5 Å². The van der Waals surface area contributed by atoms with Crippen molar-refractivity contribution in [3.63, 3.8) is 0 Å². The number of thioether (sulfide) groups is 1. The van der Waals surface area contributed by atoms with E-state index in [1.54, 1.807) is 30.3 Å². The number of nitrogens with zero attached hydrogens (tertiary/aromatic N) is 3. The summed E-state index contributed by atoms with van der Waals surface area (Å²) in [5, 5.41) is 1.08. The number of hydrogen-bond donors (Lipinski definition) is 0. The summed E-state index contributed by atoms with van der Waals surface area (Å²) in [4.78, 5) is 42.3. The molecule has 0 aliphatic carbocycles. The SMILES string of the molecule is O=C(Cn1cc(/C=C2\SC(=O)N(c3ccc(Cl)cc3)C2=O)c2cc(Br)ccc21)N1CCCCCC1. The topological polar surface area (TPSA) is 62.6 Å². The standard InChI is InChI=1S/C26H23BrClN3O3S/c27-18-5-10-22-21(14-18)17(15-30(22)16-24(32)29-11-3-1-2-4-12-29)13-23-25(33)31(26(34)35-23)20-8-6-19(28)7-9-20/h5-10,13-15H,1-4,11-12,16H2/b23-13-. The van der Waals surface area contributed by atoms with Gasteiger partial charge in [0.2, 0.25) is 5.91 Å². The van der Waals surface area contributed by atoms with Crippen LogP contribution in [0, 0.1) is 0 Å². The van der Waals surface area contributed by atoms with Crippen molar-refractivity contribution in [1.82, 2.24) is 9.47 Å². The minimum Gasteiger partial charge on any atom is -0.341 e. The number of amides is 3. The molecular formula is C26H23BrClN3O3S. The number of benzene rings is 2. The molecule has 2 fully saturated rings. The van der Waals surface area contributed by atoms with Crippen LogP contribution in [0.15, 0.2) is 58.0 Å². The van der Waals surface area contributed by atoms with Crippen LogP contribution in [0.5, 0.6) is 0 Å². The van der Waals surface area contributed by atoms with E-state index >= 15 is 0 Å². The van der Waals surface area contributed by atoms with Crippen LogP contribution < -0.4 is 4.90 Å². The highest BCUT2D eigenvalue weighted by atomic mass is 79.9. The van der Waals surface area contributed by atoms with Crippen molar-refractivity contribution >= 4 is 79.0 Å². The van der Waals surface area contributed by atoms with Crippen LogP contribution >= 0.6 is 39.3 Å². The Bertz CT molecular complexity index is 1340. The van der Waals surface area contributed by atoms with Gasteiger partial charge in [0.15, 0.2) is 0 Å². The summed E-state index contributed by atoms with van der Waals surface area (Å²) in [6.07, 6.45) is 8.05. The highest BCUT2D eigenvalue weighted by Gasteiger charge is 2.36. The van der Waals surface area contributed by atoms with Crippen molar-refractivity contribution in [2.75, 3.05) is 18.0 Å². The highest BCUT2D eigenvalue weighted by molar-refractivity contribution is 9.10. The average Bonchev–Trinajstić information content (AvgIpc) is 3.14. The Kier molecular flexibility index (Phi) is 7.05. The molecule has 0 spiro atoms. The molecule has 0 atom stereocenters. The summed E-state index contributed by atoms with van der Waals surface area (Å²) in [6, 6.07) is 12.5. The molecule has 35 heavy (non-hydrogen) atoms. The van der Waals surface area contributed by atoms with Gasteiger partial charge in [-0.15, -0.1) is 0 Å². The van der Waals surface area contributed by atoms with Crippen LogP contribution in [0.1, 0.15) is 31.2 Å². The molecule has 0 bridgehead atoms. The van der Waals surface area contributed by atoms with Gasteiger partial charge in [0, 0.05) is 45.2 Å². The number of rotatable bonds is 4. The molecule has 2 saturated heterocycles. The molecule has 5 rings (SSSR count). The molecule has 9 heteroatoms. The molecule has 0 unspecified atom stereocenters. The molecule has 180 valence electrons. The lowest BCUT2D eigenvalue weighted by molar-refractivity contribution is -0.131. The van der Waals surface area contributed by atoms with Crippen LogP contribution in [0.3, 0.4) is 0 Å². The van der Waals surface area contributed by atoms with Crippen LogP contribution in [-0.4, -0.2) is 39.6 Å². The molecular weight excluding hydrogens is 550 g/mol. The minimum atomic E-state index is -0.376. The normalized spacial score (nSPS) is 18.1. The maximum absolute atomic E-state index is 13.1. The molecule has 0 radical (unpaired) electrons. The number of imide groups is 1. The maximum atomic E-state index is 13.1. The molecule has 1 aromatic heterocycles. The number of hydrogen-bond acceptors (Lipinski definition) is 4. The minimum absolute atomic E-state index is 0.0985. The molecule has 6 nitrogen and oxygen atoms in total. The average molecular weight is 573 g/mol. The third-order valence-electron chi connectivity index (χ3n) is 6.30. The van der Waals surface area contributed by atoms with Crippen LogP contribution in [0.25, 0.3) is 17.0 Å². The Balaban J connectivity index is 1.47. The predicted octanol–water partition coefficient (Wildman–Crippen LogP) is 6.70. The Morgan fingerprint density at radius 1 is 1.03 bits per heavy atom. The lowest BCUT2D eigenvalue weighted by atomic mass is 10.1. The number of aromatic nitrogens is 1. The Hall–Kier alpha value is -2.55. The summed E-state index contributed by atoms with van der Waals surface area (Å²) in [5.41, 5.74) is 2.17. The smallest absolute Gasteiger partial charge is 0.298 e. The van der Waals surface area contributed by atoms with Gasteiger partial charge < -0.3 is 9.47 Å². The summed E-state index contributed by atoms with van der Waals surface area (Å²) < 4.78 is 2.83. The van der Waals surface area contributed by atoms with E-state index in [0.29, 0.717) is 15.6 Å². The Morgan fingerprint density at radius 2 is 1.74 bits per heavy atom. The summed E-state index contributed by atoms with van der Waals surface area (Å²) in [6.45, 7) is 1.83. The van der Waals surface area contributed by atoms with Crippen LogP contribution in [0.4, 0.5) is 10.5 Å². The zero-order valence-corrected chi connectivity index (χ0v) is 22.0. The van der Waals surface area contributed by atoms with Gasteiger partial charge in [0.05, 0.1) is 10.6 Å². The number of halogens is 2. The zero-order valence-electron chi connectivity index (χ0n) is 18.9. The second-order valence-corrected chi connectivity index (χ2v) is 11.0. The van der Waals surface area contributed by atoms with Crippen LogP contribution in [-0.2, 0) is 16.1 Å². The van der Waals surface area contributed by atoms with Crippen molar-refractivity contribution in [3.05, 3.63) is 68.6 Å². The quantitative estimate of drug-likeness (QED) is 0.326. The van der Waals surface area contributed by atoms with Crippen molar-refractivity contribution in [2.45, 2.75) is 32.2 Å². The molecule has 2 aliphatic heterocycles. The molecule has 0 saturated carbocycles. The molecule has 2 aliphatic rings. The molecule has 3 amide bonds. The van der Waals surface area contributed by atoms with Crippen molar-refractivity contribution in [3.8, 4) is 0 Å². The number of carbonyl (C=O) groups is 3. The maximum Gasteiger partial charge on any atom is 0.298 e. The lowest BCUT2D eigenvalue weighted by Crippen LogP contribution is -2.34. The summed E-state index contributed by atoms with van der Waals surface area (Å²) >= 11 is 10.4. The van der Waals surface area contributed by atoms with Gasteiger partial charge in [-0.2, -0.15) is 0 Å². The van der Waals surface area contributed by atoms with Gasteiger partial charge in [-0.05, 0) is 73.1 Å². The van der Waals surface area contributed by atoms with E-state index in [-0.39, 0.29) is 23.6 Å². The van der Waals surface area contributed by atoms with Gasteiger partial charge >= 0.3 is 0 Å². The second kappa shape index (κ2) is 10.2. The van der Waals surface area contributed by atoms with Crippen molar-refractivity contribution in [2.24, 2.45) is 0 Å². The third-order valence-corrected chi connectivity index (χ3v) is 7.92. The fraction of sp³-hybridized carbons (Fsp3) is 0.269. The number of carbonyl (C=O) groups excluding carboxylic acids is 3. The van der Waals surface area contributed by atoms with E-state index < -0.39 is 0 Å². The largest absolute Gasteiger partial charge is 0.341 e. The van der Waals surface area contributed by atoms with E-state index in [2.05, 4.69) is 15.9 Å². The van der Waals surface area contributed by atoms with E-state index in [9.17, 15) is 14.4 Å². The monoisotopic (exact) mass is 571 g/mol. The van der Waals surface area contributed by atoms with Gasteiger partial charge in [-0.3, -0.25) is 14.4 Å². The van der Waals surface area contributed by atoms with Crippen LogP contribution in [0.2, 0.25) is 5.02 Å².